The van der Waals surface area contributed by atoms with E-state index in [1.165, 1.54) is 0 Å². The van der Waals surface area contributed by atoms with Crippen LogP contribution in [-0.2, 0) is 13.2 Å². The monoisotopic (exact) mass is 369 g/mol. The van der Waals surface area contributed by atoms with Crippen LogP contribution in [0.5, 0.6) is 5.75 Å². The molecule has 0 saturated carbocycles. The van der Waals surface area contributed by atoms with E-state index in [-0.39, 0.29) is 18.6 Å². The highest BCUT2D eigenvalue weighted by Crippen LogP contribution is 2.14. The molecule has 0 radical (unpaired) electrons. The number of hydrogen-bond donors (Lipinski definition) is 1. The van der Waals surface area contributed by atoms with Crippen LogP contribution in [0.15, 0.2) is 43.0 Å². The second-order valence-corrected chi connectivity index (χ2v) is 6.36. The zero-order valence-corrected chi connectivity index (χ0v) is 15.4. The number of tetrazole rings is 1. The lowest BCUT2D eigenvalue weighted by molar-refractivity contribution is 0.0952. The van der Waals surface area contributed by atoms with Crippen molar-refractivity contribution < 1.29 is 9.53 Å². The molecule has 2 aromatic heterocycles. The van der Waals surface area contributed by atoms with Crippen LogP contribution in [0.3, 0.4) is 0 Å². The van der Waals surface area contributed by atoms with Crippen molar-refractivity contribution in [3.05, 3.63) is 54.4 Å². The van der Waals surface area contributed by atoms with E-state index in [9.17, 15) is 4.79 Å². The summed E-state index contributed by atoms with van der Waals surface area (Å²) in [6.45, 7) is 5.70. The van der Waals surface area contributed by atoms with Gasteiger partial charge in [-0.2, -0.15) is 0 Å². The molecular formula is C18H23N7O2. The fourth-order valence-corrected chi connectivity index (χ4v) is 2.54. The van der Waals surface area contributed by atoms with Gasteiger partial charge < -0.3 is 14.6 Å². The third kappa shape index (κ3) is 5.13. The van der Waals surface area contributed by atoms with Crippen LogP contribution >= 0.6 is 0 Å². The number of nitrogens with one attached hydrogen (secondary N) is 1. The smallest absolute Gasteiger partial charge is 0.251 e. The van der Waals surface area contributed by atoms with E-state index >= 15 is 0 Å². The van der Waals surface area contributed by atoms with Gasteiger partial charge >= 0.3 is 0 Å². The molecule has 1 amide bonds. The minimum Gasteiger partial charge on any atom is -0.486 e. The first kappa shape index (κ1) is 18.6. The number of aromatic nitrogens is 6. The molecule has 0 aliphatic carbocycles. The maximum absolute atomic E-state index is 12.2. The topological polar surface area (TPSA) is 99.8 Å². The molecule has 0 atom stereocenters. The molecule has 0 saturated heterocycles. The van der Waals surface area contributed by atoms with E-state index in [1.54, 1.807) is 41.5 Å². The third-order valence-electron chi connectivity index (χ3n) is 3.97. The lowest BCUT2D eigenvalue weighted by Gasteiger charge is -2.10. The fourth-order valence-electron chi connectivity index (χ4n) is 2.54. The van der Waals surface area contributed by atoms with Crippen molar-refractivity contribution in [1.29, 1.82) is 0 Å². The Balaban J connectivity index is 1.44. The average molecular weight is 369 g/mol. The largest absolute Gasteiger partial charge is 0.486 e. The molecule has 0 unspecified atom stereocenters. The van der Waals surface area contributed by atoms with Gasteiger partial charge in [0, 0.05) is 31.0 Å². The van der Waals surface area contributed by atoms with Crippen LogP contribution in [0.25, 0.3) is 0 Å². The third-order valence-corrected chi connectivity index (χ3v) is 3.97. The molecule has 1 N–H and O–H groups in total. The van der Waals surface area contributed by atoms with Crippen molar-refractivity contribution in [2.75, 3.05) is 6.54 Å². The van der Waals surface area contributed by atoms with Gasteiger partial charge in [0.15, 0.2) is 5.82 Å². The normalized spacial score (nSPS) is 10.9. The molecule has 0 fully saturated rings. The van der Waals surface area contributed by atoms with Gasteiger partial charge in [-0.05, 0) is 55.0 Å². The Morgan fingerprint density at radius 3 is 2.78 bits per heavy atom. The van der Waals surface area contributed by atoms with Gasteiger partial charge in [0.2, 0.25) is 0 Å². The molecule has 9 heteroatoms. The Labute approximate surface area is 157 Å². The second-order valence-electron chi connectivity index (χ2n) is 6.36. The number of hydrogen-bond acceptors (Lipinski definition) is 6. The standard InChI is InChI=1S/C18H23N7O2/c1-14(2)25-17(21-22-23-25)12-27-16-6-4-15(5-7-16)18(26)20-8-3-10-24-11-9-19-13-24/h4-7,9,11,13-14H,3,8,10,12H2,1-2H3,(H,20,26). The minimum absolute atomic E-state index is 0.101. The van der Waals surface area contributed by atoms with E-state index in [2.05, 4.69) is 25.8 Å². The van der Waals surface area contributed by atoms with E-state index in [4.69, 9.17) is 4.74 Å². The highest BCUT2D eigenvalue weighted by molar-refractivity contribution is 5.94. The highest BCUT2D eigenvalue weighted by Gasteiger charge is 2.10. The average Bonchev–Trinajstić information content (AvgIpc) is 3.35. The van der Waals surface area contributed by atoms with Gasteiger partial charge in [0.1, 0.15) is 12.4 Å². The van der Waals surface area contributed by atoms with E-state index < -0.39 is 0 Å². The zero-order valence-electron chi connectivity index (χ0n) is 15.4. The van der Waals surface area contributed by atoms with Gasteiger partial charge in [-0.3, -0.25) is 4.79 Å². The van der Waals surface area contributed by atoms with Crippen molar-refractivity contribution in [3.8, 4) is 5.75 Å². The molecule has 142 valence electrons. The summed E-state index contributed by atoms with van der Waals surface area (Å²) in [6.07, 6.45) is 6.25. The molecule has 3 rings (SSSR count). The minimum atomic E-state index is -0.101. The van der Waals surface area contributed by atoms with Gasteiger partial charge in [0.05, 0.1) is 12.4 Å². The molecule has 0 aliphatic rings. The summed E-state index contributed by atoms with van der Waals surface area (Å²) in [5.74, 6) is 1.21. The highest BCUT2D eigenvalue weighted by atomic mass is 16.5. The van der Waals surface area contributed by atoms with E-state index in [1.807, 2.05) is 24.6 Å². The Hall–Kier alpha value is -3.23. The Morgan fingerprint density at radius 2 is 2.07 bits per heavy atom. The lowest BCUT2D eigenvalue weighted by atomic mass is 10.2. The van der Waals surface area contributed by atoms with Gasteiger partial charge in [0.25, 0.3) is 5.91 Å². The number of ether oxygens (including phenoxy) is 1. The fraction of sp³-hybridized carbons (Fsp3) is 0.389. The predicted molar refractivity (Wildman–Crippen MR) is 98.2 cm³/mol. The predicted octanol–water partition coefficient (Wildman–Crippen LogP) is 1.85. The quantitative estimate of drug-likeness (QED) is 0.578. The Kier molecular flexibility index (Phi) is 6.14. The molecule has 0 spiro atoms. The van der Waals surface area contributed by atoms with E-state index in [0.29, 0.717) is 23.7 Å². The van der Waals surface area contributed by atoms with Crippen molar-refractivity contribution in [3.63, 3.8) is 0 Å². The number of benzene rings is 1. The Morgan fingerprint density at radius 1 is 1.26 bits per heavy atom. The van der Waals surface area contributed by atoms with Crippen LogP contribution in [0.4, 0.5) is 0 Å². The molecule has 2 heterocycles. The molecular weight excluding hydrogens is 346 g/mol. The number of amides is 1. The van der Waals surface area contributed by atoms with Crippen LogP contribution in [0, 0.1) is 0 Å². The van der Waals surface area contributed by atoms with Gasteiger partial charge in [-0.1, -0.05) is 0 Å². The van der Waals surface area contributed by atoms with Gasteiger partial charge in [-0.25, -0.2) is 9.67 Å². The number of carbonyl (C=O) groups is 1. The van der Waals surface area contributed by atoms with Crippen molar-refractivity contribution in [1.82, 2.24) is 35.1 Å². The molecule has 1 aromatic carbocycles. The molecule has 9 nitrogen and oxygen atoms in total. The number of aryl methyl sites for hydroxylation is 1. The summed E-state index contributed by atoms with van der Waals surface area (Å²) < 4.78 is 9.41. The first-order valence-electron chi connectivity index (χ1n) is 8.87. The summed E-state index contributed by atoms with van der Waals surface area (Å²) in [7, 11) is 0. The lowest BCUT2D eigenvalue weighted by Crippen LogP contribution is -2.25. The summed E-state index contributed by atoms with van der Waals surface area (Å²) in [4.78, 5) is 16.2. The van der Waals surface area contributed by atoms with Crippen LogP contribution in [-0.4, -0.2) is 42.2 Å². The maximum atomic E-state index is 12.2. The molecule has 3 aromatic rings. The van der Waals surface area contributed by atoms with Crippen molar-refractivity contribution in [2.24, 2.45) is 0 Å². The first-order chi connectivity index (χ1) is 13.1. The first-order valence-corrected chi connectivity index (χ1v) is 8.87. The van der Waals surface area contributed by atoms with Crippen LogP contribution in [0.1, 0.15) is 42.5 Å². The van der Waals surface area contributed by atoms with E-state index in [0.717, 1.165) is 13.0 Å². The number of carbonyl (C=O) groups excluding carboxylic acids is 1. The van der Waals surface area contributed by atoms with Gasteiger partial charge in [-0.15, -0.1) is 5.10 Å². The summed E-state index contributed by atoms with van der Waals surface area (Å²) in [5, 5.41) is 14.5. The molecule has 27 heavy (non-hydrogen) atoms. The SMILES string of the molecule is CC(C)n1nnnc1COc1ccc(C(=O)NCCCn2ccnc2)cc1. The van der Waals surface area contributed by atoms with Crippen LogP contribution < -0.4 is 10.1 Å². The molecule has 0 bridgehead atoms. The van der Waals surface area contributed by atoms with Crippen molar-refractivity contribution in [2.45, 2.75) is 39.5 Å². The van der Waals surface area contributed by atoms with Crippen molar-refractivity contribution >= 4 is 5.91 Å². The van der Waals surface area contributed by atoms with Crippen LogP contribution in [0.2, 0.25) is 0 Å². The maximum Gasteiger partial charge on any atom is 0.251 e. The number of nitrogens with zero attached hydrogens (tertiary/aromatic N) is 6. The second kappa shape index (κ2) is 8.93. The summed E-state index contributed by atoms with van der Waals surface area (Å²) >= 11 is 0. The summed E-state index contributed by atoms with van der Waals surface area (Å²) in [6, 6.07) is 7.18. The Bertz CT molecular complexity index is 841. The zero-order chi connectivity index (χ0) is 19.1. The number of rotatable bonds is 9. The summed E-state index contributed by atoms with van der Waals surface area (Å²) in [5.41, 5.74) is 0.594. The molecule has 0 aliphatic heterocycles. The number of imidazole rings is 1.